The van der Waals surface area contributed by atoms with Crippen LogP contribution in [-0.4, -0.2) is 11.6 Å². The molecule has 0 fully saturated rings. The maximum Gasteiger partial charge on any atom is 0.272 e. The largest absolute Gasteiger partial charge is 0.272 e. The number of rotatable bonds is 1. The van der Waals surface area contributed by atoms with Gasteiger partial charge in [-0.05, 0) is 32.1 Å². The van der Waals surface area contributed by atoms with Crippen LogP contribution in [0.3, 0.4) is 0 Å². The highest BCUT2D eigenvalue weighted by Crippen LogP contribution is 2.22. The predicted molar refractivity (Wildman–Crippen MR) is 55.8 cm³/mol. The van der Waals surface area contributed by atoms with E-state index in [1.165, 1.54) is 0 Å². The Kier molecular flexibility index (Phi) is 2.48. The van der Waals surface area contributed by atoms with E-state index in [2.05, 4.69) is 28.8 Å². The van der Waals surface area contributed by atoms with E-state index in [1.54, 1.807) is 0 Å². The van der Waals surface area contributed by atoms with Crippen molar-refractivity contribution in [3.63, 3.8) is 0 Å². The minimum atomic E-state index is -0.0583. The first-order chi connectivity index (χ1) is 6.77. The quantitative estimate of drug-likeness (QED) is 0.497. The lowest BCUT2D eigenvalue weighted by Crippen LogP contribution is -2.14. The van der Waals surface area contributed by atoms with E-state index in [1.807, 2.05) is 6.92 Å². The Bertz CT molecular complexity index is 339. The molecule has 3 heteroatoms. The Morgan fingerprint density at radius 3 is 3.00 bits per heavy atom. The number of carbonyl (C=O) groups excluding carboxylic acids is 1. The van der Waals surface area contributed by atoms with E-state index in [0.717, 1.165) is 30.5 Å². The SMILES string of the molecule is CC1=NNC(=O)/C1=C/C1CC=CCC1. The molecule has 2 rings (SSSR count). The fourth-order valence-electron chi connectivity index (χ4n) is 1.82. The second kappa shape index (κ2) is 3.78. The fraction of sp³-hybridized carbons (Fsp3) is 0.455. The molecule has 0 aromatic heterocycles. The van der Waals surface area contributed by atoms with Crippen LogP contribution in [0.15, 0.2) is 28.9 Å². The number of nitrogens with one attached hydrogen (secondary N) is 1. The molecule has 0 saturated carbocycles. The van der Waals surface area contributed by atoms with Crippen molar-refractivity contribution in [2.45, 2.75) is 26.2 Å². The van der Waals surface area contributed by atoms with Gasteiger partial charge in [-0.25, -0.2) is 5.43 Å². The van der Waals surface area contributed by atoms with Crippen molar-refractivity contribution in [2.24, 2.45) is 11.0 Å². The summed E-state index contributed by atoms with van der Waals surface area (Å²) in [5.41, 5.74) is 4.04. The van der Waals surface area contributed by atoms with Gasteiger partial charge in [-0.3, -0.25) is 4.79 Å². The zero-order chi connectivity index (χ0) is 9.97. The third-order valence-corrected chi connectivity index (χ3v) is 2.67. The monoisotopic (exact) mass is 190 g/mol. The van der Waals surface area contributed by atoms with Crippen molar-refractivity contribution in [3.05, 3.63) is 23.8 Å². The number of amides is 1. The van der Waals surface area contributed by atoms with Gasteiger partial charge in [0.05, 0.1) is 11.3 Å². The highest BCUT2D eigenvalue weighted by atomic mass is 16.2. The number of nitrogens with zero attached hydrogens (tertiary/aromatic N) is 1. The average Bonchev–Trinajstić information content (AvgIpc) is 2.51. The molecule has 0 spiro atoms. The molecule has 1 aliphatic heterocycles. The Balaban J connectivity index is 2.13. The van der Waals surface area contributed by atoms with Gasteiger partial charge in [0.1, 0.15) is 0 Å². The molecule has 1 amide bonds. The number of hydrazone groups is 1. The molecule has 1 N–H and O–H groups in total. The predicted octanol–water partition coefficient (Wildman–Crippen LogP) is 1.77. The van der Waals surface area contributed by atoms with Crippen LogP contribution in [0.1, 0.15) is 26.2 Å². The molecule has 14 heavy (non-hydrogen) atoms. The maximum atomic E-state index is 11.3. The van der Waals surface area contributed by atoms with Crippen LogP contribution in [-0.2, 0) is 4.79 Å². The Hall–Kier alpha value is -1.38. The van der Waals surface area contributed by atoms with Crippen LogP contribution in [0.5, 0.6) is 0 Å². The van der Waals surface area contributed by atoms with Crippen LogP contribution in [0, 0.1) is 5.92 Å². The molecule has 1 heterocycles. The van der Waals surface area contributed by atoms with Crippen LogP contribution < -0.4 is 5.43 Å². The summed E-state index contributed by atoms with van der Waals surface area (Å²) >= 11 is 0. The highest BCUT2D eigenvalue weighted by Gasteiger charge is 2.20. The summed E-state index contributed by atoms with van der Waals surface area (Å²) in [6.07, 6.45) is 9.75. The summed E-state index contributed by atoms with van der Waals surface area (Å²) in [7, 11) is 0. The van der Waals surface area contributed by atoms with E-state index in [4.69, 9.17) is 0 Å². The molecule has 2 aliphatic rings. The molecule has 1 unspecified atom stereocenters. The number of hydrogen-bond acceptors (Lipinski definition) is 2. The van der Waals surface area contributed by atoms with Crippen LogP contribution in [0.25, 0.3) is 0 Å². The standard InChI is InChI=1S/C11H14N2O/c1-8-10(11(14)13-12-8)7-9-5-3-2-4-6-9/h2-3,7,9H,4-6H2,1H3,(H,13,14)/b10-7+. The average molecular weight is 190 g/mol. The minimum Gasteiger partial charge on any atom is -0.267 e. The topological polar surface area (TPSA) is 41.5 Å². The Labute approximate surface area is 83.6 Å². The van der Waals surface area contributed by atoms with Crippen molar-refractivity contribution < 1.29 is 4.79 Å². The summed E-state index contributed by atoms with van der Waals surface area (Å²) in [4.78, 5) is 11.3. The van der Waals surface area contributed by atoms with Crippen molar-refractivity contribution >= 4 is 11.6 Å². The van der Waals surface area contributed by atoms with Crippen LogP contribution in [0.4, 0.5) is 0 Å². The molecule has 0 bridgehead atoms. The third-order valence-electron chi connectivity index (χ3n) is 2.67. The van der Waals surface area contributed by atoms with E-state index in [0.29, 0.717) is 5.92 Å². The number of hydrogen-bond donors (Lipinski definition) is 1. The zero-order valence-electron chi connectivity index (χ0n) is 8.29. The van der Waals surface area contributed by atoms with E-state index < -0.39 is 0 Å². The van der Waals surface area contributed by atoms with Gasteiger partial charge in [0, 0.05) is 0 Å². The van der Waals surface area contributed by atoms with Crippen LogP contribution >= 0.6 is 0 Å². The molecule has 1 aliphatic carbocycles. The van der Waals surface area contributed by atoms with E-state index in [9.17, 15) is 4.79 Å². The summed E-state index contributed by atoms with van der Waals surface area (Å²) < 4.78 is 0. The molecule has 0 saturated heterocycles. The summed E-state index contributed by atoms with van der Waals surface area (Å²) in [6, 6.07) is 0. The Morgan fingerprint density at radius 1 is 1.57 bits per heavy atom. The summed E-state index contributed by atoms with van der Waals surface area (Å²) in [6.45, 7) is 1.86. The van der Waals surface area contributed by atoms with Gasteiger partial charge in [-0.15, -0.1) is 0 Å². The first-order valence-electron chi connectivity index (χ1n) is 4.99. The third kappa shape index (κ3) is 1.76. The fourth-order valence-corrected chi connectivity index (χ4v) is 1.82. The molecular formula is C11H14N2O. The van der Waals surface area contributed by atoms with E-state index >= 15 is 0 Å². The van der Waals surface area contributed by atoms with Crippen molar-refractivity contribution in [3.8, 4) is 0 Å². The van der Waals surface area contributed by atoms with Gasteiger partial charge >= 0.3 is 0 Å². The lowest BCUT2D eigenvalue weighted by Gasteiger charge is -2.13. The first kappa shape index (κ1) is 9.19. The normalized spacial score (nSPS) is 29.2. The van der Waals surface area contributed by atoms with Gasteiger partial charge in [0.15, 0.2) is 0 Å². The van der Waals surface area contributed by atoms with Crippen LogP contribution in [0.2, 0.25) is 0 Å². The molecule has 1 atom stereocenters. The van der Waals surface area contributed by atoms with Gasteiger partial charge in [0.25, 0.3) is 5.91 Å². The second-order valence-corrected chi connectivity index (χ2v) is 3.76. The lowest BCUT2D eigenvalue weighted by molar-refractivity contribution is -0.116. The molecule has 0 aromatic carbocycles. The minimum absolute atomic E-state index is 0.0583. The van der Waals surface area contributed by atoms with E-state index in [-0.39, 0.29) is 5.91 Å². The second-order valence-electron chi connectivity index (χ2n) is 3.76. The molecule has 0 radical (unpaired) electrons. The zero-order valence-corrected chi connectivity index (χ0v) is 8.29. The first-order valence-corrected chi connectivity index (χ1v) is 4.99. The van der Waals surface area contributed by atoms with Crippen molar-refractivity contribution in [1.82, 2.24) is 5.43 Å². The molecule has 3 nitrogen and oxygen atoms in total. The molecular weight excluding hydrogens is 176 g/mol. The van der Waals surface area contributed by atoms with Crippen molar-refractivity contribution in [2.75, 3.05) is 0 Å². The smallest absolute Gasteiger partial charge is 0.267 e. The van der Waals surface area contributed by atoms with Gasteiger partial charge in [-0.2, -0.15) is 5.10 Å². The molecule has 74 valence electrons. The maximum absolute atomic E-state index is 11.3. The van der Waals surface area contributed by atoms with Gasteiger partial charge in [-0.1, -0.05) is 18.2 Å². The molecule has 0 aromatic rings. The highest BCUT2D eigenvalue weighted by molar-refractivity contribution is 6.23. The van der Waals surface area contributed by atoms with Crippen molar-refractivity contribution in [1.29, 1.82) is 0 Å². The summed E-state index contributed by atoms with van der Waals surface area (Å²) in [5.74, 6) is 0.445. The van der Waals surface area contributed by atoms with Gasteiger partial charge in [0.2, 0.25) is 0 Å². The number of allylic oxidation sites excluding steroid dienone is 3. The van der Waals surface area contributed by atoms with Gasteiger partial charge < -0.3 is 0 Å². The number of carbonyl (C=O) groups is 1. The Morgan fingerprint density at radius 2 is 2.43 bits per heavy atom. The summed E-state index contributed by atoms with van der Waals surface area (Å²) in [5, 5.41) is 3.89. The lowest BCUT2D eigenvalue weighted by atomic mass is 9.91.